The largest absolute Gasteiger partial charge is 0.497 e. The Morgan fingerprint density at radius 2 is 1.90 bits per heavy atom. The van der Waals surface area contributed by atoms with Crippen LogP contribution >= 0.6 is 0 Å². The minimum absolute atomic E-state index is 0.868. The Bertz CT molecular complexity index is 703. The smallest absolute Gasteiger partial charge is 0.242 e. The SMILES string of the molecule is COc1ccc(CNCC[n+]2c[nH]c3ccccc32)cc1. The number of nitrogens with one attached hydrogen (secondary N) is 2. The van der Waals surface area contributed by atoms with Crippen LogP contribution in [-0.4, -0.2) is 18.6 Å². The molecule has 0 bridgehead atoms. The number of hydrogen-bond acceptors (Lipinski definition) is 2. The summed E-state index contributed by atoms with van der Waals surface area (Å²) in [6, 6.07) is 16.5. The Morgan fingerprint density at radius 3 is 2.71 bits per heavy atom. The van der Waals surface area contributed by atoms with Gasteiger partial charge in [0, 0.05) is 13.1 Å². The number of hydrogen-bond donors (Lipinski definition) is 2. The van der Waals surface area contributed by atoms with E-state index in [2.05, 4.69) is 45.2 Å². The molecular formula is C17H20N3O+. The van der Waals surface area contributed by atoms with Crippen molar-refractivity contribution in [1.82, 2.24) is 10.3 Å². The van der Waals surface area contributed by atoms with Gasteiger partial charge in [-0.2, -0.15) is 0 Å². The summed E-state index contributed by atoms with van der Waals surface area (Å²) in [6.07, 6.45) is 2.03. The molecule has 0 unspecified atom stereocenters. The summed E-state index contributed by atoms with van der Waals surface area (Å²) < 4.78 is 7.39. The van der Waals surface area contributed by atoms with Gasteiger partial charge < -0.3 is 10.1 Å². The van der Waals surface area contributed by atoms with E-state index >= 15 is 0 Å². The number of imidazole rings is 1. The molecule has 0 amide bonds. The number of para-hydroxylation sites is 2. The summed E-state index contributed by atoms with van der Waals surface area (Å²) in [4.78, 5) is 3.28. The molecule has 0 saturated heterocycles. The van der Waals surface area contributed by atoms with Gasteiger partial charge in [0.15, 0.2) is 11.0 Å². The molecule has 0 spiro atoms. The lowest BCUT2D eigenvalue weighted by molar-refractivity contribution is -0.669. The van der Waals surface area contributed by atoms with E-state index in [9.17, 15) is 0 Å². The highest BCUT2D eigenvalue weighted by molar-refractivity contribution is 5.70. The maximum absolute atomic E-state index is 5.16. The third-order valence-electron chi connectivity index (χ3n) is 3.61. The van der Waals surface area contributed by atoms with Crippen LogP contribution in [0, 0.1) is 0 Å². The van der Waals surface area contributed by atoms with Crippen molar-refractivity contribution in [3.05, 3.63) is 60.4 Å². The zero-order valence-corrected chi connectivity index (χ0v) is 12.2. The van der Waals surface area contributed by atoms with Crippen molar-refractivity contribution < 1.29 is 9.30 Å². The molecule has 108 valence electrons. The second-order valence-electron chi connectivity index (χ2n) is 5.01. The van der Waals surface area contributed by atoms with Crippen molar-refractivity contribution in [2.45, 2.75) is 13.1 Å². The van der Waals surface area contributed by atoms with E-state index < -0.39 is 0 Å². The number of methoxy groups -OCH3 is 1. The zero-order chi connectivity index (χ0) is 14.5. The first kappa shape index (κ1) is 13.6. The van der Waals surface area contributed by atoms with Crippen LogP contribution < -0.4 is 14.6 Å². The second-order valence-corrected chi connectivity index (χ2v) is 5.01. The molecular weight excluding hydrogens is 262 g/mol. The molecule has 2 aromatic carbocycles. The van der Waals surface area contributed by atoms with Gasteiger partial charge in [0.1, 0.15) is 12.3 Å². The van der Waals surface area contributed by atoms with Gasteiger partial charge in [-0.25, -0.2) is 9.55 Å². The summed E-state index contributed by atoms with van der Waals surface area (Å²) in [6.45, 7) is 2.74. The van der Waals surface area contributed by atoms with E-state index in [-0.39, 0.29) is 0 Å². The third-order valence-corrected chi connectivity index (χ3v) is 3.61. The maximum Gasteiger partial charge on any atom is 0.242 e. The molecule has 3 aromatic rings. The van der Waals surface area contributed by atoms with Gasteiger partial charge in [-0.3, -0.25) is 0 Å². The Kier molecular flexibility index (Phi) is 4.17. The molecule has 4 nitrogen and oxygen atoms in total. The Hall–Kier alpha value is -2.33. The predicted molar refractivity (Wildman–Crippen MR) is 83.2 cm³/mol. The number of nitrogens with zero attached hydrogens (tertiary/aromatic N) is 1. The number of benzene rings is 2. The highest BCUT2D eigenvalue weighted by Gasteiger charge is 2.07. The van der Waals surface area contributed by atoms with Gasteiger partial charge in [0.25, 0.3) is 0 Å². The minimum Gasteiger partial charge on any atom is -0.497 e. The molecule has 1 aromatic heterocycles. The van der Waals surface area contributed by atoms with Gasteiger partial charge >= 0.3 is 0 Å². The van der Waals surface area contributed by atoms with Gasteiger partial charge in [0.05, 0.1) is 7.11 Å². The van der Waals surface area contributed by atoms with Crippen molar-refractivity contribution in [3.63, 3.8) is 0 Å². The lowest BCUT2D eigenvalue weighted by atomic mass is 10.2. The summed E-state index contributed by atoms with van der Waals surface area (Å²) >= 11 is 0. The molecule has 0 atom stereocenters. The third kappa shape index (κ3) is 3.23. The topological polar surface area (TPSA) is 40.9 Å². The summed E-state index contributed by atoms with van der Waals surface area (Å²) in [5.74, 6) is 0.896. The van der Waals surface area contributed by atoms with E-state index in [0.29, 0.717) is 0 Å². The predicted octanol–water partition coefficient (Wildman–Crippen LogP) is 2.25. The van der Waals surface area contributed by atoms with Gasteiger partial charge in [-0.15, -0.1) is 0 Å². The highest BCUT2D eigenvalue weighted by atomic mass is 16.5. The average Bonchev–Trinajstić information content (AvgIpc) is 2.95. The van der Waals surface area contributed by atoms with Crippen LogP contribution in [0.3, 0.4) is 0 Å². The molecule has 2 N–H and O–H groups in total. The van der Waals surface area contributed by atoms with Crippen LogP contribution in [0.5, 0.6) is 5.75 Å². The van der Waals surface area contributed by atoms with Crippen molar-refractivity contribution in [2.75, 3.05) is 13.7 Å². The van der Waals surface area contributed by atoms with Crippen molar-refractivity contribution in [3.8, 4) is 5.75 Å². The fraction of sp³-hybridized carbons (Fsp3) is 0.235. The molecule has 1 heterocycles. The quantitative estimate of drug-likeness (QED) is 0.538. The first-order chi connectivity index (χ1) is 10.4. The molecule has 0 aliphatic rings. The molecule has 0 aliphatic carbocycles. The maximum atomic E-state index is 5.16. The molecule has 0 radical (unpaired) electrons. The van der Waals surface area contributed by atoms with Crippen LogP contribution in [0.4, 0.5) is 0 Å². The molecule has 0 aliphatic heterocycles. The van der Waals surface area contributed by atoms with Crippen molar-refractivity contribution in [2.24, 2.45) is 0 Å². The van der Waals surface area contributed by atoms with Gasteiger partial charge in [-0.1, -0.05) is 24.3 Å². The molecule has 3 rings (SSSR count). The fourth-order valence-corrected chi connectivity index (χ4v) is 2.42. The Labute approximate surface area is 124 Å². The second kappa shape index (κ2) is 6.41. The number of aromatic amines is 1. The standard InChI is InChI=1S/C17H19N3O/c1-21-15-8-6-14(7-9-15)12-18-10-11-20-13-19-16-4-2-3-5-17(16)20/h2-9,13,18H,10-12H2,1H3/p+1. The number of ether oxygens (including phenoxy) is 1. The molecule has 0 fully saturated rings. The molecule has 4 heteroatoms. The molecule has 21 heavy (non-hydrogen) atoms. The van der Waals surface area contributed by atoms with E-state index in [4.69, 9.17) is 4.74 Å². The number of H-pyrrole nitrogens is 1. The lowest BCUT2D eigenvalue weighted by Crippen LogP contribution is -2.37. The first-order valence-corrected chi connectivity index (χ1v) is 7.16. The minimum atomic E-state index is 0.868. The lowest BCUT2D eigenvalue weighted by Gasteiger charge is -2.05. The average molecular weight is 282 g/mol. The van der Waals surface area contributed by atoms with E-state index in [0.717, 1.165) is 25.4 Å². The van der Waals surface area contributed by atoms with Crippen LogP contribution in [0.15, 0.2) is 54.9 Å². The van der Waals surface area contributed by atoms with Gasteiger partial charge in [-0.05, 0) is 29.8 Å². The first-order valence-electron chi connectivity index (χ1n) is 7.16. The summed E-state index contributed by atoms with van der Waals surface area (Å²) in [7, 11) is 1.69. The fourth-order valence-electron chi connectivity index (χ4n) is 2.42. The van der Waals surface area contributed by atoms with E-state index in [1.54, 1.807) is 7.11 Å². The van der Waals surface area contributed by atoms with E-state index in [1.807, 2.05) is 24.5 Å². The summed E-state index contributed by atoms with van der Waals surface area (Å²) in [5.41, 5.74) is 3.68. The van der Waals surface area contributed by atoms with E-state index in [1.165, 1.54) is 16.6 Å². The van der Waals surface area contributed by atoms with Crippen molar-refractivity contribution in [1.29, 1.82) is 0 Å². The number of fused-ring (bicyclic) bond motifs is 1. The monoisotopic (exact) mass is 282 g/mol. The normalized spacial score (nSPS) is 10.9. The number of rotatable bonds is 6. The number of aromatic nitrogens is 2. The summed E-state index contributed by atoms with van der Waals surface area (Å²) in [5, 5.41) is 3.47. The highest BCUT2D eigenvalue weighted by Crippen LogP contribution is 2.10. The van der Waals surface area contributed by atoms with Crippen LogP contribution in [0.1, 0.15) is 5.56 Å². The van der Waals surface area contributed by atoms with Crippen LogP contribution in [0.25, 0.3) is 11.0 Å². The van der Waals surface area contributed by atoms with Crippen LogP contribution in [0.2, 0.25) is 0 Å². The Balaban J connectivity index is 1.51. The molecule has 0 saturated carbocycles. The Morgan fingerprint density at radius 1 is 1.10 bits per heavy atom. The van der Waals surface area contributed by atoms with Crippen LogP contribution in [-0.2, 0) is 13.1 Å². The zero-order valence-electron chi connectivity index (χ0n) is 12.2. The van der Waals surface area contributed by atoms with Crippen molar-refractivity contribution >= 4 is 11.0 Å². The van der Waals surface area contributed by atoms with Gasteiger partial charge in [0.2, 0.25) is 6.33 Å².